The third-order valence-electron chi connectivity index (χ3n) is 4.07. The van der Waals surface area contributed by atoms with Crippen molar-refractivity contribution in [1.29, 1.82) is 0 Å². The Balaban J connectivity index is 2.05. The number of hydrogen-bond donors (Lipinski definition) is 3. The van der Waals surface area contributed by atoms with E-state index in [1.54, 1.807) is 18.2 Å². The second-order valence-corrected chi connectivity index (χ2v) is 7.43. The molecule has 1 saturated heterocycles. The number of halogens is 2. The van der Waals surface area contributed by atoms with Crippen molar-refractivity contribution in [1.82, 2.24) is 0 Å². The van der Waals surface area contributed by atoms with Crippen LogP contribution in [0, 0.1) is 0 Å². The predicted octanol–water partition coefficient (Wildman–Crippen LogP) is 3.22. The van der Waals surface area contributed by atoms with Gasteiger partial charge in [-0.2, -0.15) is 0 Å². The highest BCUT2D eigenvalue weighted by molar-refractivity contribution is 7.18. The van der Waals surface area contributed by atoms with Gasteiger partial charge < -0.3 is 26.2 Å². The predicted molar refractivity (Wildman–Crippen MR) is 101 cm³/mol. The summed E-state index contributed by atoms with van der Waals surface area (Å²) in [7, 11) is 0. The van der Waals surface area contributed by atoms with Crippen molar-refractivity contribution >= 4 is 51.2 Å². The van der Waals surface area contributed by atoms with Crippen LogP contribution in [0.5, 0.6) is 0 Å². The minimum atomic E-state index is -1.05. The zero-order chi connectivity index (χ0) is 18.1. The lowest BCUT2D eigenvalue weighted by molar-refractivity contribution is 0.0701. The molecule has 9 heteroatoms. The first-order chi connectivity index (χ1) is 11.9. The molecule has 1 atom stereocenters. The van der Waals surface area contributed by atoms with Gasteiger partial charge in [-0.15, -0.1) is 11.3 Å². The molecule has 1 aromatic carbocycles. The van der Waals surface area contributed by atoms with Gasteiger partial charge in [0.25, 0.3) is 0 Å². The molecular weight excluding hydrogens is 385 g/mol. The van der Waals surface area contributed by atoms with Crippen molar-refractivity contribution in [2.24, 2.45) is 5.73 Å². The number of ether oxygens (including phenoxy) is 1. The van der Waals surface area contributed by atoms with Crippen LogP contribution in [0.4, 0.5) is 10.7 Å². The second-order valence-electron chi connectivity index (χ2n) is 5.62. The maximum absolute atomic E-state index is 11.7. The quantitative estimate of drug-likeness (QED) is 0.726. The van der Waals surface area contributed by atoms with E-state index in [0.29, 0.717) is 58.2 Å². The zero-order valence-electron chi connectivity index (χ0n) is 13.2. The second kappa shape index (κ2) is 7.39. The Kier molecular flexibility index (Phi) is 5.41. The number of anilines is 2. The van der Waals surface area contributed by atoms with Crippen molar-refractivity contribution in [3.8, 4) is 0 Å². The smallest absolute Gasteiger partial charge is 0.346 e. The van der Waals surface area contributed by atoms with Crippen molar-refractivity contribution in [3.63, 3.8) is 0 Å². The highest BCUT2D eigenvalue weighted by atomic mass is 35.5. The normalized spacial score (nSPS) is 16.0. The maximum atomic E-state index is 11.7. The monoisotopic (exact) mass is 401 g/mol. The van der Waals surface area contributed by atoms with E-state index in [9.17, 15) is 9.90 Å². The van der Waals surface area contributed by atoms with Gasteiger partial charge in [-0.3, -0.25) is 0 Å². The van der Waals surface area contributed by atoms with Crippen LogP contribution in [0.2, 0.25) is 10.0 Å². The third-order valence-corrected chi connectivity index (χ3v) is 6.08. The molecule has 3 rings (SSSR count). The third kappa shape index (κ3) is 3.56. The van der Waals surface area contributed by atoms with E-state index >= 15 is 0 Å². The number of benzene rings is 1. The summed E-state index contributed by atoms with van der Waals surface area (Å²) in [6.45, 7) is 2.47. The average Bonchev–Trinajstić information content (AvgIpc) is 2.95. The molecule has 0 bridgehead atoms. The first kappa shape index (κ1) is 18.3. The minimum absolute atomic E-state index is 0.137. The van der Waals surface area contributed by atoms with Crippen molar-refractivity contribution in [3.05, 3.63) is 44.2 Å². The molecule has 0 radical (unpaired) electrons. The summed E-state index contributed by atoms with van der Waals surface area (Å²) < 4.78 is 5.34. The van der Waals surface area contributed by atoms with Gasteiger partial charge >= 0.3 is 5.97 Å². The summed E-state index contributed by atoms with van der Waals surface area (Å²) in [5.41, 5.74) is 14.1. The first-order valence-electron chi connectivity index (χ1n) is 7.58. The lowest BCUT2D eigenvalue weighted by atomic mass is 9.98. The number of hydrogen-bond acceptors (Lipinski definition) is 6. The molecule has 6 nitrogen and oxygen atoms in total. The Bertz CT molecular complexity index is 806. The first-order valence-corrected chi connectivity index (χ1v) is 9.16. The molecule has 1 aliphatic heterocycles. The molecule has 2 heterocycles. The molecule has 0 amide bonds. The Morgan fingerprint density at radius 3 is 2.56 bits per heavy atom. The van der Waals surface area contributed by atoms with E-state index in [2.05, 4.69) is 0 Å². The summed E-state index contributed by atoms with van der Waals surface area (Å²) in [5.74, 6) is -1.05. The molecule has 0 aliphatic carbocycles. The van der Waals surface area contributed by atoms with Crippen molar-refractivity contribution in [2.75, 3.05) is 36.9 Å². The molecule has 1 fully saturated rings. The van der Waals surface area contributed by atoms with E-state index in [-0.39, 0.29) is 4.88 Å². The number of rotatable bonds is 4. The SMILES string of the molecule is Nc1c(N2CCOCC2)sc(C(=O)O)c1C(N)c1ccc(Cl)c(Cl)c1. The van der Waals surface area contributed by atoms with Crippen LogP contribution in [-0.4, -0.2) is 37.4 Å². The number of nitrogens with zero attached hydrogens (tertiary/aromatic N) is 1. The molecule has 1 aromatic heterocycles. The minimum Gasteiger partial charge on any atom is -0.477 e. The summed E-state index contributed by atoms with van der Waals surface area (Å²) in [6.07, 6.45) is 0. The molecule has 0 saturated carbocycles. The Morgan fingerprint density at radius 1 is 1.28 bits per heavy atom. The Labute approximate surface area is 158 Å². The van der Waals surface area contributed by atoms with E-state index in [1.165, 1.54) is 0 Å². The highest BCUT2D eigenvalue weighted by Gasteiger charge is 2.29. The van der Waals surface area contributed by atoms with Gasteiger partial charge in [-0.1, -0.05) is 29.3 Å². The lowest BCUT2D eigenvalue weighted by Gasteiger charge is -2.28. The molecule has 1 aliphatic rings. The number of nitrogens with two attached hydrogens (primary N) is 2. The topological polar surface area (TPSA) is 102 Å². The zero-order valence-corrected chi connectivity index (χ0v) is 15.5. The fourth-order valence-corrected chi connectivity index (χ4v) is 4.25. The van der Waals surface area contributed by atoms with Crippen LogP contribution in [0.3, 0.4) is 0 Å². The number of carboxylic acids is 1. The molecule has 5 N–H and O–H groups in total. The number of aromatic carboxylic acids is 1. The Hall–Kier alpha value is -1.51. The number of morpholine rings is 1. The van der Waals surface area contributed by atoms with E-state index < -0.39 is 12.0 Å². The summed E-state index contributed by atoms with van der Waals surface area (Å²) in [6, 6.07) is 4.26. The summed E-state index contributed by atoms with van der Waals surface area (Å²) in [5, 5.41) is 11.1. The van der Waals surface area contributed by atoms with Gasteiger partial charge in [-0.25, -0.2) is 4.79 Å². The largest absolute Gasteiger partial charge is 0.477 e. The van der Waals surface area contributed by atoms with Crippen LogP contribution in [0.15, 0.2) is 18.2 Å². The molecule has 1 unspecified atom stereocenters. The van der Waals surface area contributed by atoms with E-state index in [0.717, 1.165) is 11.3 Å². The van der Waals surface area contributed by atoms with Crippen LogP contribution >= 0.6 is 34.5 Å². The summed E-state index contributed by atoms with van der Waals surface area (Å²) >= 11 is 13.1. The fraction of sp³-hybridized carbons (Fsp3) is 0.312. The van der Waals surface area contributed by atoms with Gasteiger partial charge in [0.15, 0.2) is 0 Å². The van der Waals surface area contributed by atoms with E-state index in [4.69, 9.17) is 39.4 Å². The van der Waals surface area contributed by atoms with Crippen LogP contribution in [0.25, 0.3) is 0 Å². The van der Waals surface area contributed by atoms with Gasteiger partial charge in [0.05, 0.1) is 35.0 Å². The van der Waals surface area contributed by atoms with Gasteiger partial charge in [-0.05, 0) is 17.7 Å². The van der Waals surface area contributed by atoms with Gasteiger partial charge in [0, 0.05) is 18.7 Å². The van der Waals surface area contributed by atoms with Crippen LogP contribution in [0.1, 0.15) is 26.8 Å². The van der Waals surface area contributed by atoms with Crippen molar-refractivity contribution in [2.45, 2.75) is 6.04 Å². The number of carbonyl (C=O) groups is 1. The van der Waals surface area contributed by atoms with Gasteiger partial charge in [0.1, 0.15) is 9.88 Å². The molecule has 0 spiro atoms. The van der Waals surface area contributed by atoms with Gasteiger partial charge in [0.2, 0.25) is 0 Å². The molecule has 25 heavy (non-hydrogen) atoms. The number of carboxylic acid groups (broad SMARTS) is 1. The number of nitrogen functional groups attached to an aromatic ring is 1. The lowest BCUT2D eigenvalue weighted by Crippen LogP contribution is -2.36. The molecule has 134 valence electrons. The maximum Gasteiger partial charge on any atom is 0.346 e. The highest BCUT2D eigenvalue weighted by Crippen LogP contribution is 2.43. The molecule has 2 aromatic rings. The number of thiophene rings is 1. The fourth-order valence-electron chi connectivity index (χ4n) is 2.79. The van der Waals surface area contributed by atoms with Crippen molar-refractivity contribution < 1.29 is 14.6 Å². The average molecular weight is 402 g/mol. The Morgan fingerprint density at radius 2 is 1.96 bits per heavy atom. The molecular formula is C16H17Cl2N3O3S. The van der Waals surface area contributed by atoms with Crippen LogP contribution in [-0.2, 0) is 4.74 Å². The summed E-state index contributed by atoms with van der Waals surface area (Å²) in [4.78, 5) is 13.9. The van der Waals surface area contributed by atoms with Crippen LogP contribution < -0.4 is 16.4 Å². The standard InChI is InChI=1S/C16H17Cl2N3O3S/c17-9-2-1-8(7-10(9)18)12(19)11-13(20)15(25-14(11)16(22)23)21-3-5-24-6-4-21/h1-2,7,12H,3-6,19-20H2,(H,22,23). The van der Waals surface area contributed by atoms with E-state index in [1.807, 2.05) is 4.90 Å².